The fourth-order valence-corrected chi connectivity index (χ4v) is 5.47. The van der Waals surface area contributed by atoms with E-state index in [9.17, 15) is 17.6 Å². The Morgan fingerprint density at radius 2 is 1.73 bits per heavy atom. The Morgan fingerprint density at radius 3 is 2.36 bits per heavy atom. The molecule has 1 atom stereocenters. The van der Waals surface area contributed by atoms with Gasteiger partial charge in [0.05, 0.1) is 11.9 Å². The van der Waals surface area contributed by atoms with Crippen molar-refractivity contribution in [2.45, 2.75) is 25.9 Å². The van der Waals surface area contributed by atoms with E-state index in [1.807, 2.05) is 18.2 Å². The summed E-state index contributed by atoms with van der Waals surface area (Å²) in [6, 6.07) is 10.2. The summed E-state index contributed by atoms with van der Waals surface area (Å²) >= 11 is 0. The summed E-state index contributed by atoms with van der Waals surface area (Å²) < 4.78 is 50.4. The molecule has 2 aliphatic rings. The van der Waals surface area contributed by atoms with Crippen LogP contribution in [0.1, 0.15) is 18.9 Å². The molecular formula is C23H28FN3O5S. The first-order valence-electron chi connectivity index (χ1n) is 10.9. The number of nitrogens with zero attached hydrogens (tertiary/aromatic N) is 3. The summed E-state index contributed by atoms with van der Waals surface area (Å²) in [5.41, 5.74) is 1.38. The van der Waals surface area contributed by atoms with E-state index in [1.54, 1.807) is 11.8 Å². The monoisotopic (exact) mass is 477 g/mol. The molecule has 2 aliphatic heterocycles. The zero-order valence-electron chi connectivity index (χ0n) is 18.7. The third-order valence-electron chi connectivity index (χ3n) is 5.92. The molecule has 0 bridgehead atoms. The molecule has 4 rings (SSSR count). The zero-order valence-corrected chi connectivity index (χ0v) is 19.6. The minimum atomic E-state index is -3.75. The maximum absolute atomic E-state index is 13.4. The normalized spacial score (nSPS) is 17.1. The van der Waals surface area contributed by atoms with Gasteiger partial charge in [0, 0.05) is 32.7 Å². The maximum atomic E-state index is 13.4. The lowest BCUT2D eigenvalue weighted by Crippen LogP contribution is -2.55. The van der Waals surface area contributed by atoms with Crippen molar-refractivity contribution >= 4 is 21.6 Å². The molecule has 0 aromatic heterocycles. The SMILES string of the molecule is CCC(C(=O)N1CCN(Cc2ccc3c(c2)OCO3)CC1)N(c1ccc(F)cc1)S(C)(=O)=O. The van der Waals surface area contributed by atoms with E-state index in [0.29, 0.717) is 32.6 Å². The largest absolute Gasteiger partial charge is 0.454 e. The van der Waals surface area contributed by atoms with Gasteiger partial charge in [0.2, 0.25) is 22.7 Å². The second-order valence-corrected chi connectivity index (χ2v) is 10.1. The van der Waals surface area contributed by atoms with Crippen LogP contribution in [0.2, 0.25) is 0 Å². The van der Waals surface area contributed by atoms with E-state index in [2.05, 4.69) is 4.90 Å². The van der Waals surface area contributed by atoms with Crippen molar-refractivity contribution in [2.24, 2.45) is 0 Å². The number of carbonyl (C=O) groups excluding carboxylic acids is 1. The van der Waals surface area contributed by atoms with Crippen molar-refractivity contribution in [3.8, 4) is 11.5 Å². The fraction of sp³-hybridized carbons (Fsp3) is 0.435. The molecule has 178 valence electrons. The minimum absolute atomic E-state index is 0.237. The molecule has 8 nitrogen and oxygen atoms in total. The molecule has 1 amide bonds. The molecule has 0 spiro atoms. The number of benzene rings is 2. The molecule has 2 heterocycles. The third kappa shape index (κ3) is 5.22. The molecule has 2 aromatic carbocycles. The summed E-state index contributed by atoms with van der Waals surface area (Å²) in [5.74, 6) is 0.783. The number of sulfonamides is 1. The number of carbonyl (C=O) groups is 1. The van der Waals surface area contributed by atoms with Gasteiger partial charge in [-0.3, -0.25) is 14.0 Å². The van der Waals surface area contributed by atoms with Crippen LogP contribution in [0.3, 0.4) is 0 Å². The van der Waals surface area contributed by atoms with Gasteiger partial charge in [0.15, 0.2) is 11.5 Å². The smallest absolute Gasteiger partial charge is 0.246 e. The van der Waals surface area contributed by atoms with E-state index in [0.717, 1.165) is 34.2 Å². The number of piperazine rings is 1. The first-order chi connectivity index (χ1) is 15.8. The van der Waals surface area contributed by atoms with E-state index >= 15 is 0 Å². The molecule has 1 saturated heterocycles. The molecule has 2 aromatic rings. The molecule has 0 aliphatic carbocycles. The van der Waals surface area contributed by atoms with Crippen molar-refractivity contribution < 1.29 is 27.1 Å². The number of amides is 1. The quantitative estimate of drug-likeness (QED) is 0.610. The van der Waals surface area contributed by atoms with Crippen molar-refractivity contribution in [1.82, 2.24) is 9.80 Å². The van der Waals surface area contributed by atoms with E-state index < -0.39 is 21.9 Å². The van der Waals surface area contributed by atoms with Crippen LogP contribution < -0.4 is 13.8 Å². The summed E-state index contributed by atoms with van der Waals surface area (Å²) in [7, 11) is -3.75. The molecule has 33 heavy (non-hydrogen) atoms. The predicted molar refractivity (Wildman–Crippen MR) is 122 cm³/mol. The predicted octanol–water partition coefficient (Wildman–Crippen LogP) is 2.44. The van der Waals surface area contributed by atoms with Gasteiger partial charge in [-0.25, -0.2) is 12.8 Å². The van der Waals surface area contributed by atoms with Gasteiger partial charge in [0.25, 0.3) is 0 Å². The highest BCUT2D eigenvalue weighted by Gasteiger charge is 2.35. The van der Waals surface area contributed by atoms with Gasteiger partial charge >= 0.3 is 0 Å². The minimum Gasteiger partial charge on any atom is -0.454 e. The number of hydrogen-bond acceptors (Lipinski definition) is 6. The number of hydrogen-bond donors (Lipinski definition) is 0. The van der Waals surface area contributed by atoms with Gasteiger partial charge in [-0.1, -0.05) is 13.0 Å². The van der Waals surface area contributed by atoms with Crippen molar-refractivity contribution in [3.05, 3.63) is 53.8 Å². The molecule has 1 fully saturated rings. The van der Waals surface area contributed by atoms with Crippen LogP contribution in [0.15, 0.2) is 42.5 Å². The van der Waals surface area contributed by atoms with Gasteiger partial charge in [-0.15, -0.1) is 0 Å². The van der Waals surface area contributed by atoms with Crippen LogP contribution in [0, 0.1) is 5.82 Å². The maximum Gasteiger partial charge on any atom is 0.246 e. The Labute approximate surface area is 193 Å². The number of fused-ring (bicyclic) bond motifs is 1. The van der Waals surface area contributed by atoms with Gasteiger partial charge < -0.3 is 14.4 Å². The van der Waals surface area contributed by atoms with E-state index in [1.165, 1.54) is 24.3 Å². The van der Waals surface area contributed by atoms with Crippen molar-refractivity contribution in [2.75, 3.05) is 43.5 Å². The topological polar surface area (TPSA) is 79.4 Å². The number of anilines is 1. The highest BCUT2D eigenvalue weighted by atomic mass is 32.2. The van der Waals surface area contributed by atoms with E-state index in [4.69, 9.17) is 9.47 Å². The summed E-state index contributed by atoms with van der Waals surface area (Å²) in [4.78, 5) is 17.3. The summed E-state index contributed by atoms with van der Waals surface area (Å²) in [6.07, 6.45) is 1.37. The van der Waals surface area contributed by atoms with Gasteiger partial charge in [-0.2, -0.15) is 0 Å². The molecular weight excluding hydrogens is 449 g/mol. The highest BCUT2D eigenvalue weighted by Crippen LogP contribution is 2.33. The van der Waals surface area contributed by atoms with Crippen LogP contribution in [0.5, 0.6) is 11.5 Å². The van der Waals surface area contributed by atoms with Crippen LogP contribution in [-0.2, 0) is 21.4 Å². The average Bonchev–Trinajstić information content (AvgIpc) is 3.25. The Bertz CT molecular complexity index is 1100. The van der Waals surface area contributed by atoms with Crippen LogP contribution in [0.25, 0.3) is 0 Å². The second kappa shape index (κ2) is 9.56. The molecule has 0 radical (unpaired) electrons. The standard InChI is InChI=1S/C23H28FN3O5S/c1-3-20(27(33(2,29)30)19-7-5-18(24)6-8-19)23(28)26-12-10-25(11-13-26)15-17-4-9-21-22(14-17)32-16-31-21/h4-9,14,20H,3,10-13,15-16H2,1-2H3. The first kappa shape index (κ1) is 23.3. The molecule has 10 heteroatoms. The Kier molecular flexibility index (Phi) is 6.76. The van der Waals surface area contributed by atoms with Crippen LogP contribution >= 0.6 is 0 Å². The lowest BCUT2D eigenvalue weighted by molar-refractivity contribution is -0.134. The third-order valence-corrected chi connectivity index (χ3v) is 7.10. The Balaban J connectivity index is 1.42. The Hall–Kier alpha value is -2.85. The van der Waals surface area contributed by atoms with Gasteiger partial charge in [0.1, 0.15) is 11.9 Å². The number of rotatable bonds is 7. The van der Waals surface area contributed by atoms with Crippen molar-refractivity contribution in [1.29, 1.82) is 0 Å². The molecule has 0 saturated carbocycles. The zero-order chi connectivity index (χ0) is 23.6. The van der Waals surface area contributed by atoms with Crippen LogP contribution in [0.4, 0.5) is 10.1 Å². The Morgan fingerprint density at radius 1 is 1.06 bits per heavy atom. The van der Waals surface area contributed by atoms with E-state index in [-0.39, 0.29) is 18.4 Å². The number of ether oxygens (including phenoxy) is 2. The fourth-order valence-electron chi connectivity index (χ4n) is 4.27. The highest BCUT2D eigenvalue weighted by molar-refractivity contribution is 7.92. The van der Waals surface area contributed by atoms with Crippen LogP contribution in [-0.4, -0.2) is 69.4 Å². The molecule has 1 unspecified atom stereocenters. The molecule has 0 N–H and O–H groups in total. The van der Waals surface area contributed by atoms with Crippen molar-refractivity contribution in [3.63, 3.8) is 0 Å². The average molecular weight is 478 g/mol. The summed E-state index contributed by atoms with van der Waals surface area (Å²) in [6.45, 7) is 5.08. The number of halogens is 1. The van der Waals surface area contributed by atoms with Gasteiger partial charge in [-0.05, 0) is 48.4 Å². The lowest BCUT2D eigenvalue weighted by Gasteiger charge is -2.39. The first-order valence-corrected chi connectivity index (χ1v) is 12.8. The summed E-state index contributed by atoms with van der Waals surface area (Å²) in [5, 5.41) is 0. The second-order valence-electron chi connectivity index (χ2n) is 8.25. The lowest BCUT2D eigenvalue weighted by atomic mass is 10.1.